The Morgan fingerprint density at radius 1 is 1.09 bits per heavy atom. The molecule has 2 heteroatoms. The van der Waals surface area contributed by atoms with E-state index >= 15 is 0 Å². The molecule has 0 aliphatic rings. The zero-order chi connectivity index (χ0) is 7.94. The molecule has 0 aliphatic heterocycles. The Morgan fingerprint density at radius 3 is 2.45 bits per heavy atom. The van der Waals surface area contributed by atoms with Crippen LogP contribution in [0.5, 0.6) is 0 Å². The van der Waals surface area contributed by atoms with Crippen LogP contribution in [0.15, 0.2) is 40.5 Å². The molecule has 2 nitrogen and oxygen atoms in total. The molecule has 1 aromatic carbocycles. The number of nitrogens with zero attached hydrogens (tertiary/aromatic N) is 2. The van der Waals surface area contributed by atoms with Gasteiger partial charge in [-0.15, -0.1) is 0 Å². The molecule has 0 N–H and O–H groups in total. The minimum absolute atomic E-state index is 1.07. The summed E-state index contributed by atoms with van der Waals surface area (Å²) < 4.78 is 0. The van der Waals surface area contributed by atoms with Crippen molar-refractivity contribution in [2.75, 3.05) is 0 Å². The van der Waals surface area contributed by atoms with Gasteiger partial charge in [-0.25, -0.2) is 0 Å². The summed E-state index contributed by atoms with van der Waals surface area (Å²) in [6.07, 6.45) is 3.37. The van der Waals surface area contributed by atoms with Crippen LogP contribution in [-0.2, 0) is 0 Å². The molecule has 1 aromatic rings. The van der Waals surface area contributed by atoms with Gasteiger partial charge in [-0.3, -0.25) is 0 Å². The van der Waals surface area contributed by atoms with Gasteiger partial charge >= 0.3 is 0 Å². The highest BCUT2D eigenvalue weighted by molar-refractivity contribution is 5.79. The lowest BCUT2D eigenvalue weighted by atomic mass is 10.2. The monoisotopic (exact) mass is 146 g/mol. The quantitative estimate of drug-likeness (QED) is 0.451. The second-order valence-electron chi connectivity index (χ2n) is 2.03. The van der Waals surface area contributed by atoms with Crippen LogP contribution in [0.1, 0.15) is 12.5 Å². The second kappa shape index (κ2) is 4.39. The predicted octanol–water partition coefficient (Wildman–Crippen LogP) is 2.11. The van der Waals surface area contributed by atoms with E-state index in [4.69, 9.17) is 0 Å². The lowest BCUT2D eigenvalue weighted by Gasteiger charge is -1.86. The molecule has 0 radical (unpaired) electrons. The van der Waals surface area contributed by atoms with Crippen LogP contribution in [-0.4, -0.2) is 12.4 Å². The zero-order valence-electron chi connectivity index (χ0n) is 6.44. The Bertz CT molecular complexity index is 250. The van der Waals surface area contributed by atoms with Crippen LogP contribution in [0.3, 0.4) is 0 Å². The molecule has 0 atom stereocenters. The molecule has 56 valence electrons. The molecule has 1 rings (SSSR count). The highest BCUT2D eigenvalue weighted by Crippen LogP contribution is 1.93. The first-order chi connectivity index (χ1) is 5.43. The molecule has 11 heavy (non-hydrogen) atoms. The minimum Gasteiger partial charge on any atom is -0.164 e. The van der Waals surface area contributed by atoms with Gasteiger partial charge in [0.15, 0.2) is 0 Å². The van der Waals surface area contributed by atoms with Crippen molar-refractivity contribution in [2.24, 2.45) is 10.2 Å². The lowest BCUT2D eigenvalue weighted by Crippen LogP contribution is -1.76. The van der Waals surface area contributed by atoms with Crippen molar-refractivity contribution in [3.63, 3.8) is 0 Å². The average Bonchev–Trinajstić information content (AvgIpc) is 2.07. The molecule has 0 saturated heterocycles. The number of benzene rings is 1. The van der Waals surface area contributed by atoms with Crippen LogP contribution < -0.4 is 0 Å². The molecule has 0 spiro atoms. The molecular formula is C9H10N2. The van der Waals surface area contributed by atoms with Crippen LogP contribution >= 0.6 is 0 Å². The third-order valence-corrected chi connectivity index (χ3v) is 1.19. The van der Waals surface area contributed by atoms with Gasteiger partial charge in [0.25, 0.3) is 0 Å². The molecule has 0 heterocycles. The zero-order valence-corrected chi connectivity index (χ0v) is 6.44. The molecule has 0 unspecified atom stereocenters. The Kier molecular flexibility index (Phi) is 3.06. The van der Waals surface area contributed by atoms with E-state index in [0.29, 0.717) is 0 Å². The number of hydrogen-bond donors (Lipinski definition) is 0. The van der Waals surface area contributed by atoms with E-state index in [2.05, 4.69) is 10.2 Å². The first-order valence-electron chi connectivity index (χ1n) is 3.49. The minimum atomic E-state index is 1.07. The van der Waals surface area contributed by atoms with Crippen LogP contribution in [0, 0.1) is 0 Å². The highest BCUT2D eigenvalue weighted by atomic mass is 15.2. The van der Waals surface area contributed by atoms with Gasteiger partial charge in [-0.05, 0) is 12.5 Å². The molecule has 0 fully saturated rings. The van der Waals surface area contributed by atoms with Crippen molar-refractivity contribution in [1.29, 1.82) is 0 Å². The van der Waals surface area contributed by atoms with E-state index < -0.39 is 0 Å². The normalized spacial score (nSPS) is 11.4. The molecule has 0 aliphatic carbocycles. The summed E-state index contributed by atoms with van der Waals surface area (Å²) in [5.74, 6) is 0. The average molecular weight is 146 g/mol. The van der Waals surface area contributed by atoms with E-state index in [0.717, 1.165) is 5.56 Å². The third-order valence-electron chi connectivity index (χ3n) is 1.19. The Morgan fingerprint density at radius 2 is 1.82 bits per heavy atom. The fourth-order valence-corrected chi connectivity index (χ4v) is 0.706. The summed E-state index contributed by atoms with van der Waals surface area (Å²) in [6, 6.07) is 9.87. The van der Waals surface area contributed by atoms with Gasteiger partial charge in [0.1, 0.15) is 0 Å². The van der Waals surface area contributed by atoms with E-state index in [1.807, 2.05) is 37.3 Å². The molecule has 0 saturated carbocycles. The maximum atomic E-state index is 3.80. The number of hydrogen-bond acceptors (Lipinski definition) is 2. The molecule has 0 bridgehead atoms. The molecule has 0 aromatic heterocycles. The summed E-state index contributed by atoms with van der Waals surface area (Å²) in [7, 11) is 0. The fraction of sp³-hybridized carbons (Fsp3) is 0.111. The molecule has 0 amide bonds. The summed E-state index contributed by atoms with van der Waals surface area (Å²) >= 11 is 0. The standard InChI is InChI=1S/C9H10N2/c1-2-10-11-8-9-6-4-3-5-7-9/h2-8H,1H3/b10-2-,11-8-. The van der Waals surface area contributed by atoms with E-state index in [1.54, 1.807) is 12.4 Å². The summed E-state index contributed by atoms with van der Waals surface area (Å²) in [4.78, 5) is 0. The molecular weight excluding hydrogens is 136 g/mol. The maximum Gasteiger partial charge on any atom is 0.0567 e. The lowest BCUT2D eigenvalue weighted by molar-refractivity contribution is 1.26. The summed E-state index contributed by atoms with van der Waals surface area (Å²) in [5, 5.41) is 7.52. The van der Waals surface area contributed by atoms with Crippen molar-refractivity contribution in [1.82, 2.24) is 0 Å². The van der Waals surface area contributed by atoms with Crippen molar-refractivity contribution >= 4 is 12.4 Å². The maximum absolute atomic E-state index is 3.80. The second-order valence-corrected chi connectivity index (χ2v) is 2.03. The van der Waals surface area contributed by atoms with Crippen LogP contribution in [0.25, 0.3) is 0 Å². The van der Waals surface area contributed by atoms with E-state index in [9.17, 15) is 0 Å². The van der Waals surface area contributed by atoms with Crippen molar-refractivity contribution in [3.05, 3.63) is 35.9 Å². The Hall–Kier alpha value is -1.44. The van der Waals surface area contributed by atoms with Gasteiger partial charge in [-0.2, -0.15) is 10.2 Å². The smallest absolute Gasteiger partial charge is 0.0567 e. The van der Waals surface area contributed by atoms with E-state index in [1.165, 1.54) is 0 Å². The first kappa shape index (κ1) is 7.66. The third kappa shape index (κ3) is 2.76. The predicted molar refractivity (Wildman–Crippen MR) is 48.2 cm³/mol. The van der Waals surface area contributed by atoms with Crippen LogP contribution in [0.2, 0.25) is 0 Å². The van der Waals surface area contributed by atoms with Gasteiger partial charge in [0.05, 0.1) is 6.21 Å². The van der Waals surface area contributed by atoms with Gasteiger partial charge in [-0.1, -0.05) is 30.3 Å². The van der Waals surface area contributed by atoms with Gasteiger partial charge in [0, 0.05) is 6.21 Å². The fourth-order valence-electron chi connectivity index (χ4n) is 0.706. The summed E-state index contributed by atoms with van der Waals surface area (Å²) in [6.45, 7) is 1.84. The largest absolute Gasteiger partial charge is 0.164 e. The summed E-state index contributed by atoms with van der Waals surface area (Å²) in [5.41, 5.74) is 1.07. The Balaban J connectivity index is 2.64. The highest BCUT2D eigenvalue weighted by Gasteiger charge is 1.80. The topological polar surface area (TPSA) is 24.7 Å². The van der Waals surface area contributed by atoms with E-state index in [-0.39, 0.29) is 0 Å². The Labute approximate surface area is 66.3 Å². The van der Waals surface area contributed by atoms with Crippen molar-refractivity contribution in [2.45, 2.75) is 6.92 Å². The number of rotatable bonds is 2. The van der Waals surface area contributed by atoms with Gasteiger partial charge in [0.2, 0.25) is 0 Å². The SMILES string of the molecule is C/C=N\N=C/c1ccccc1. The van der Waals surface area contributed by atoms with Crippen molar-refractivity contribution in [3.8, 4) is 0 Å². The van der Waals surface area contributed by atoms with Crippen LogP contribution in [0.4, 0.5) is 0 Å². The van der Waals surface area contributed by atoms with Crippen molar-refractivity contribution < 1.29 is 0 Å². The first-order valence-corrected chi connectivity index (χ1v) is 3.49. The van der Waals surface area contributed by atoms with Gasteiger partial charge < -0.3 is 0 Å².